The monoisotopic (exact) mass is 339 g/mol. The number of aryl methyl sites for hydroxylation is 2. The number of imidazole rings is 1. The zero-order valence-corrected chi connectivity index (χ0v) is 14.0. The van der Waals surface area contributed by atoms with Gasteiger partial charge in [-0.15, -0.1) is 0 Å². The van der Waals surface area contributed by atoms with E-state index in [1.807, 2.05) is 30.5 Å². The third-order valence-electron chi connectivity index (χ3n) is 4.15. The Morgan fingerprint density at radius 1 is 1.28 bits per heavy atom. The maximum atomic E-state index is 13.5. The molecule has 5 nitrogen and oxygen atoms in total. The highest BCUT2D eigenvalue weighted by atomic mass is 19.1. The van der Waals surface area contributed by atoms with E-state index >= 15 is 0 Å². The highest BCUT2D eigenvalue weighted by Gasteiger charge is 2.11. The van der Waals surface area contributed by atoms with Crippen LogP contribution in [0.15, 0.2) is 36.7 Å². The van der Waals surface area contributed by atoms with Crippen LogP contribution in [0.3, 0.4) is 0 Å². The molecule has 0 spiro atoms. The van der Waals surface area contributed by atoms with Gasteiger partial charge in [0.25, 0.3) is 0 Å². The summed E-state index contributed by atoms with van der Waals surface area (Å²) >= 11 is 0. The van der Waals surface area contributed by atoms with Crippen molar-refractivity contribution in [1.82, 2.24) is 9.55 Å². The Morgan fingerprint density at radius 2 is 2.04 bits per heavy atom. The lowest BCUT2D eigenvalue weighted by Crippen LogP contribution is -2.23. The van der Waals surface area contributed by atoms with Crippen LogP contribution in [0, 0.1) is 31.0 Å². The molecule has 0 aliphatic heterocycles. The van der Waals surface area contributed by atoms with Crippen molar-refractivity contribution in [3.63, 3.8) is 0 Å². The van der Waals surface area contributed by atoms with E-state index in [-0.39, 0.29) is 17.9 Å². The molecular formula is C19H18FN3O2. The third kappa shape index (κ3) is 3.62. The minimum Gasteiger partial charge on any atom is -0.491 e. The summed E-state index contributed by atoms with van der Waals surface area (Å²) in [6.07, 6.45) is 0.909. The van der Waals surface area contributed by atoms with Gasteiger partial charge in [-0.1, -0.05) is 0 Å². The number of aromatic nitrogens is 2. The molecule has 0 aliphatic rings. The van der Waals surface area contributed by atoms with Crippen LogP contribution in [0.1, 0.15) is 16.7 Å². The first kappa shape index (κ1) is 16.9. The van der Waals surface area contributed by atoms with E-state index in [1.165, 1.54) is 17.7 Å². The topological polar surface area (TPSA) is 71.1 Å². The van der Waals surface area contributed by atoms with Crippen molar-refractivity contribution in [2.45, 2.75) is 26.5 Å². The van der Waals surface area contributed by atoms with E-state index in [9.17, 15) is 9.50 Å². The summed E-state index contributed by atoms with van der Waals surface area (Å²) in [7, 11) is 0. The average Bonchev–Trinajstić information content (AvgIpc) is 2.95. The lowest BCUT2D eigenvalue weighted by Gasteiger charge is -2.14. The van der Waals surface area contributed by atoms with Crippen LogP contribution in [0.25, 0.3) is 11.0 Å². The highest BCUT2D eigenvalue weighted by Crippen LogP contribution is 2.19. The lowest BCUT2D eigenvalue weighted by molar-refractivity contribution is 0.0932. The summed E-state index contributed by atoms with van der Waals surface area (Å²) in [4.78, 5) is 4.35. The van der Waals surface area contributed by atoms with Crippen molar-refractivity contribution in [2.24, 2.45) is 0 Å². The summed E-state index contributed by atoms with van der Waals surface area (Å²) in [5.74, 6) is -0.363. The van der Waals surface area contributed by atoms with Crippen molar-refractivity contribution in [3.05, 3.63) is 59.2 Å². The fourth-order valence-electron chi connectivity index (χ4n) is 2.61. The predicted molar refractivity (Wildman–Crippen MR) is 91.8 cm³/mol. The molecule has 0 saturated carbocycles. The fraction of sp³-hybridized carbons (Fsp3) is 0.263. The van der Waals surface area contributed by atoms with Crippen molar-refractivity contribution in [1.29, 1.82) is 5.26 Å². The van der Waals surface area contributed by atoms with Gasteiger partial charge in [-0.25, -0.2) is 9.37 Å². The molecule has 6 heteroatoms. The molecule has 1 aromatic heterocycles. The van der Waals surface area contributed by atoms with E-state index in [0.29, 0.717) is 6.54 Å². The van der Waals surface area contributed by atoms with Crippen molar-refractivity contribution in [2.75, 3.05) is 6.61 Å². The van der Waals surface area contributed by atoms with Gasteiger partial charge < -0.3 is 14.4 Å². The SMILES string of the molecule is Cc1cc2ncn(CC(O)COc3ccc(C#N)c(F)c3)c2cc1C. The number of aliphatic hydroxyl groups excluding tert-OH is 1. The Kier molecular flexibility index (Phi) is 4.68. The number of hydrogen-bond donors (Lipinski definition) is 1. The largest absolute Gasteiger partial charge is 0.491 e. The Balaban J connectivity index is 1.67. The Bertz CT molecular complexity index is 959. The number of fused-ring (bicyclic) bond motifs is 1. The fourth-order valence-corrected chi connectivity index (χ4v) is 2.61. The molecule has 1 atom stereocenters. The van der Waals surface area contributed by atoms with Crippen LogP contribution in [-0.4, -0.2) is 27.4 Å². The number of hydrogen-bond acceptors (Lipinski definition) is 4. The number of benzene rings is 2. The molecule has 0 amide bonds. The molecule has 0 radical (unpaired) electrons. The van der Waals surface area contributed by atoms with Gasteiger partial charge in [-0.2, -0.15) is 5.26 Å². The summed E-state index contributed by atoms with van der Waals surface area (Å²) in [6.45, 7) is 4.39. The van der Waals surface area contributed by atoms with Crippen molar-refractivity contribution >= 4 is 11.0 Å². The van der Waals surface area contributed by atoms with Gasteiger partial charge in [0, 0.05) is 6.07 Å². The van der Waals surface area contributed by atoms with Crippen LogP contribution in [0.2, 0.25) is 0 Å². The molecule has 25 heavy (non-hydrogen) atoms. The first-order valence-corrected chi connectivity index (χ1v) is 7.90. The van der Waals surface area contributed by atoms with Gasteiger partial charge in [0.05, 0.1) is 29.5 Å². The van der Waals surface area contributed by atoms with E-state index < -0.39 is 11.9 Å². The number of halogens is 1. The van der Waals surface area contributed by atoms with E-state index in [0.717, 1.165) is 22.7 Å². The number of rotatable bonds is 5. The van der Waals surface area contributed by atoms with Crippen LogP contribution in [-0.2, 0) is 6.54 Å². The molecule has 0 bridgehead atoms. The lowest BCUT2D eigenvalue weighted by atomic mass is 10.1. The third-order valence-corrected chi connectivity index (χ3v) is 4.15. The predicted octanol–water partition coefficient (Wildman–Crippen LogP) is 3.10. The molecule has 1 heterocycles. The molecule has 2 aromatic carbocycles. The molecule has 3 rings (SSSR count). The normalized spacial score (nSPS) is 12.1. The maximum absolute atomic E-state index is 13.5. The molecule has 0 aliphatic carbocycles. The van der Waals surface area contributed by atoms with Gasteiger partial charge >= 0.3 is 0 Å². The second-order valence-corrected chi connectivity index (χ2v) is 6.04. The second-order valence-electron chi connectivity index (χ2n) is 6.04. The smallest absolute Gasteiger partial charge is 0.144 e. The molecule has 3 aromatic rings. The molecule has 0 saturated heterocycles. The zero-order chi connectivity index (χ0) is 18.0. The van der Waals surface area contributed by atoms with Gasteiger partial charge in [-0.05, 0) is 49.2 Å². The number of ether oxygens (including phenoxy) is 1. The summed E-state index contributed by atoms with van der Waals surface area (Å²) in [6, 6.07) is 9.82. The van der Waals surface area contributed by atoms with Crippen LogP contribution >= 0.6 is 0 Å². The minimum atomic E-state index is -0.780. The first-order valence-electron chi connectivity index (χ1n) is 7.90. The quantitative estimate of drug-likeness (QED) is 0.775. The standard InChI is InChI=1S/C19H18FN3O2/c1-12-5-18-19(6-13(12)2)23(11-22-18)9-15(24)10-25-16-4-3-14(8-21)17(20)7-16/h3-7,11,15,24H,9-10H2,1-2H3. The van der Waals surface area contributed by atoms with E-state index in [2.05, 4.69) is 4.98 Å². The van der Waals surface area contributed by atoms with Gasteiger partial charge in [0.2, 0.25) is 0 Å². The van der Waals surface area contributed by atoms with Gasteiger partial charge in [-0.3, -0.25) is 0 Å². The van der Waals surface area contributed by atoms with Crippen LogP contribution in [0.5, 0.6) is 5.75 Å². The molecular weight excluding hydrogens is 321 g/mol. The van der Waals surface area contributed by atoms with E-state index in [1.54, 1.807) is 12.4 Å². The maximum Gasteiger partial charge on any atom is 0.144 e. The van der Waals surface area contributed by atoms with Gasteiger partial charge in [0.15, 0.2) is 0 Å². The van der Waals surface area contributed by atoms with Crippen molar-refractivity contribution < 1.29 is 14.2 Å². The highest BCUT2D eigenvalue weighted by molar-refractivity contribution is 5.77. The first-order chi connectivity index (χ1) is 12.0. The summed E-state index contributed by atoms with van der Waals surface area (Å²) in [5.41, 5.74) is 4.12. The molecule has 128 valence electrons. The minimum absolute atomic E-state index is 0.00978. The Labute approximate surface area is 144 Å². The number of aliphatic hydroxyl groups is 1. The van der Waals surface area contributed by atoms with E-state index in [4.69, 9.17) is 10.00 Å². The summed E-state index contributed by atoms with van der Waals surface area (Å²) in [5, 5.41) is 18.9. The second kappa shape index (κ2) is 6.91. The zero-order valence-electron chi connectivity index (χ0n) is 14.0. The Morgan fingerprint density at radius 3 is 2.76 bits per heavy atom. The number of nitrogens with zero attached hydrogens (tertiary/aromatic N) is 3. The van der Waals surface area contributed by atoms with Crippen LogP contribution in [0.4, 0.5) is 4.39 Å². The van der Waals surface area contributed by atoms with Crippen LogP contribution < -0.4 is 4.74 Å². The molecule has 1 N–H and O–H groups in total. The number of nitriles is 1. The Hall–Kier alpha value is -2.91. The average molecular weight is 339 g/mol. The molecule has 0 fully saturated rings. The molecule has 1 unspecified atom stereocenters. The van der Waals surface area contributed by atoms with Gasteiger partial charge in [0.1, 0.15) is 30.3 Å². The summed E-state index contributed by atoms with van der Waals surface area (Å²) < 4.78 is 20.8. The van der Waals surface area contributed by atoms with Crippen molar-refractivity contribution in [3.8, 4) is 11.8 Å².